The number of nitrogens with zero attached hydrogens (tertiary/aromatic N) is 4. The third-order valence-electron chi connectivity index (χ3n) is 4.20. The summed E-state index contributed by atoms with van der Waals surface area (Å²) in [6.07, 6.45) is 7.22. The summed E-state index contributed by atoms with van der Waals surface area (Å²) in [6.45, 7) is -0.0595. The van der Waals surface area contributed by atoms with Crippen LogP contribution in [0, 0.1) is 0 Å². The molecule has 3 rings (SSSR count). The van der Waals surface area contributed by atoms with Gasteiger partial charge >= 0.3 is 5.69 Å². The molecule has 2 heterocycles. The van der Waals surface area contributed by atoms with Crippen molar-refractivity contribution in [3.8, 4) is 11.5 Å². The van der Waals surface area contributed by atoms with Crippen LogP contribution in [0.2, 0.25) is 0 Å². The van der Waals surface area contributed by atoms with Crippen LogP contribution in [0.1, 0.15) is 32.1 Å². The highest BCUT2D eigenvalue weighted by Gasteiger charge is 2.18. The van der Waals surface area contributed by atoms with Crippen LogP contribution in [-0.4, -0.2) is 31.3 Å². The van der Waals surface area contributed by atoms with Gasteiger partial charge in [-0.05, 0) is 25.0 Å². The van der Waals surface area contributed by atoms with Crippen molar-refractivity contribution in [2.45, 2.75) is 44.7 Å². The lowest BCUT2D eigenvalue weighted by molar-refractivity contribution is -0.122. The monoisotopic (exact) mass is 315 g/mol. The number of carbonyl (C=O) groups excluding carboxylic acids is 1. The molecule has 1 N–H and O–H groups in total. The summed E-state index contributed by atoms with van der Waals surface area (Å²) in [4.78, 5) is 28.6. The van der Waals surface area contributed by atoms with Crippen LogP contribution in [0.15, 0.2) is 29.2 Å². The van der Waals surface area contributed by atoms with Crippen molar-refractivity contribution >= 4 is 5.91 Å². The maximum Gasteiger partial charge on any atom is 0.346 e. The molecule has 1 aliphatic carbocycles. The normalized spacial score (nSPS) is 15.5. The minimum atomic E-state index is -0.315. The highest BCUT2D eigenvalue weighted by atomic mass is 16.2. The molecule has 0 atom stereocenters. The van der Waals surface area contributed by atoms with E-state index in [0.29, 0.717) is 11.5 Å². The largest absolute Gasteiger partial charge is 0.352 e. The Hall–Kier alpha value is -2.44. The molecular weight excluding hydrogens is 294 g/mol. The van der Waals surface area contributed by atoms with Gasteiger partial charge in [-0.15, -0.1) is 5.10 Å². The van der Waals surface area contributed by atoms with Crippen LogP contribution in [-0.2, 0) is 18.4 Å². The second-order valence-electron chi connectivity index (χ2n) is 5.94. The number of carbonyl (C=O) groups is 1. The Balaban J connectivity index is 1.73. The Labute approximate surface area is 134 Å². The van der Waals surface area contributed by atoms with Gasteiger partial charge in [0.05, 0.1) is 0 Å². The Morgan fingerprint density at radius 1 is 1.30 bits per heavy atom. The maximum atomic E-state index is 12.2. The smallest absolute Gasteiger partial charge is 0.346 e. The lowest BCUT2D eigenvalue weighted by atomic mass is 9.95. The van der Waals surface area contributed by atoms with Crippen molar-refractivity contribution < 1.29 is 4.79 Å². The predicted octanol–water partition coefficient (Wildman–Crippen LogP) is 1.09. The molecule has 0 unspecified atom stereocenters. The van der Waals surface area contributed by atoms with Crippen LogP contribution in [0.4, 0.5) is 0 Å². The van der Waals surface area contributed by atoms with Crippen molar-refractivity contribution in [3.05, 3.63) is 34.9 Å². The molecule has 0 spiro atoms. The Morgan fingerprint density at radius 3 is 2.78 bits per heavy atom. The van der Waals surface area contributed by atoms with Crippen molar-refractivity contribution in [3.63, 3.8) is 0 Å². The second kappa shape index (κ2) is 6.76. The molecular formula is C16H21N5O2. The fourth-order valence-electron chi connectivity index (χ4n) is 2.97. The molecule has 1 saturated carbocycles. The standard InChI is InChI=1S/C16H21N5O2/c1-20-15(13-9-5-6-10-17-13)19-21(16(20)23)11-14(22)18-12-7-3-2-4-8-12/h5-6,9-10,12H,2-4,7-8,11H2,1H3,(H,18,22). The topological polar surface area (TPSA) is 81.8 Å². The zero-order chi connectivity index (χ0) is 16.2. The van der Waals surface area contributed by atoms with Crippen LogP contribution >= 0.6 is 0 Å². The first-order valence-corrected chi connectivity index (χ1v) is 8.00. The number of nitrogens with one attached hydrogen (secondary N) is 1. The van der Waals surface area contributed by atoms with Crippen molar-refractivity contribution in [2.24, 2.45) is 7.05 Å². The molecule has 0 radical (unpaired) electrons. The lowest BCUT2D eigenvalue weighted by Crippen LogP contribution is -2.40. The van der Waals surface area contributed by atoms with E-state index in [0.717, 1.165) is 25.7 Å². The van der Waals surface area contributed by atoms with E-state index in [1.54, 1.807) is 25.4 Å². The maximum absolute atomic E-state index is 12.2. The van der Waals surface area contributed by atoms with Crippen LogP contribution in [0.5, 0.6) is 0 Å². The molecule has 1 amide bonds. The van der Waals surface area contributed by atoms with Gasteiger partial charge in [0.1, 0.15) is 12.2 Å². The second-order valence-corrected chi connectivity index (χ2v) is 5.94. The zero-order valence-electron chi connectivity index (χ0n) is 13.2. The van der Waals surface area contributed by atoms with E-state index in [-0.39, 0.29) is 24.2 Å². The van der Waals surface area contributed by atoms with Crippen LogP contribution in [0.25, 0.3) is 11.5 Å². The molecule has 23 heavy (non-hydrogen) atoms. The van der Waals surface area contributed by atoms with E-state index < -0.39 is 0 Å². The molecule has 0 aromatic carbocycles. The highest BCUT2D eigenvalue weighted by Crippen LogP contribution is 2.17. The first kappa shape index (κ1) is 15.5. The summed E-state index contributed by atoms with van der Waals surface area (Å²) in [5.41, 5.74) is 0.294. The van der Waals surface area contributed by atoms with Gasteiger partial charge in [-0.2, -0.15) is 0 Å². The summed E-state index contributed by atoms with van der Waals surface area (Å²) < 4.78 is 2.61. The molecule has 1 aliphatic rings. The SMILES string of the molecule is Cn1c(-c2ccccn2)nn(CC(=O)NC2CCCCC2)c1=O. The summed E-state index contributed by atoms with van der Waals surface area (Å²) in [5, 5.41) is 7.26. The number of hydrogen-bond acceptors (Lipinski definition) is 4. The molecule has 2 aromatic rings. The molecule has 122 valence electrons. The lowest BCUT2D eigenvalue weighted by Gasteiger charge is -2.22. The van der Waals surface area contributed by atoms with Gasteiger partial charge in [-0.1, -0.05) is 25.3 Å². The van der Waals surface area contributed by atoms with E-state index in [4.69, 9.17) is 0 Å². The van der Waals surface area contributed by atoms with Crippen LogP contribution < -0.4 is 11.0 Å². The van der Waals surface area contributed by atoms with Gasteiger partial charge in [-0.25, -0.2) is 9.48 Å². The van der Waals surface area contributed by atoms with Crippen molar-refractivity contribution in [1.29, 1.82) is 0 Å². The van der Waals surface area contributed by atoms with Crippen molar-refractivity contribution in [2.75, 3.05) is 0 Å². The van der Waals surface area contributed by atoms with Gasteiger partial charge in [-0.3, -0.25) is 14.3 Å². The van der Waals surface area contributed by atoms with Gasteiger partial charge in [0.25, 0.3) is 0 Å². The quantitative estimate of drug-likeness (QED) is 0.916. The average Bonchev–Trinajstić information content (AvgIpc) is 2.85. The summed E-state index contributed by atoms with van der Waals surface area (Å²) in [6, 6.07) is 5.65. The van der Waals surface area contributed by atoms with Crippen molar-refractivity contribution in [1.82, 2.24) is 24.6 Å². The zero-order valence-corrected chi connectivity index (χ0v) is 13.2. The van der Waals surface area contributed by atoms with E-state index in [1.165, 1.54) is 15.7 Å². The number of pyridine rings is 1. The number of hydrogen-bond donors (Lipinski definition) is 1. The Kier molecular flexibility index (Phi) is 4.55. The minimum Gasteiger partial charge on any atom is -0.352 e. The summed E-state index contributed by atoms with van der Waals surface area (Å²) in [5.74, 6) is 0.297. The number of amides is 1. The number of rotatable bonds is 4. The Morgan fingerprint density at radius 2 is 2.09 bits per heavy atom. The fraction of sp³-hybridized carbons (Fsp3) is 0.500. The van der Waals surface area contributed by atoms with E-state index in [1.807, 2.05) is 6.07 Å². The third kappa shape index (κ3) is 3.49. The van der Waals surface area contributed by atoms with Crippen LogP contribution in [0.3, 0.4) is 0 Å². The van der Waals surface area contributed by atoms with E-state index in [2.05, 4.69) is 15.4 Å². The first-order valence-electron chi connectivity index (χ1n) is 8.00. The van der Waals surface area contributed by atoms with Gasteiger partial charge in [0.15, 0.2) is 5.82 Å². The minimum absolute atomic E-state index is 0.0595. The van der Waals surface area contributed by atoms with Gasteiger partial charge < -0.3 is 5.32 Å². The third-order valence-corrected chi connectivity index (χ3v) is 4.20. The molecule has 7 nitrogen and oxygen atoms in total. The first-order chi connectivity index (χ1) is 11.1. The van der Waals surface area contributed by atoms with Gasteiger partial charge in [0.2, 0.25) is 5.91 Å². The van der Waals surface area contributed by atoms with E-state index >= 15 is 0 Å². The average molecular weight is 315 g/mol. The molecule has 2 aromatic heterocycles. The summed E-state index contributed by atoms with van der Waals surface area (Å²) >= 11 is 0. The Bertz CT molecular complexity index is 729. The molecule has 1 fully saturated rings. The number of aromatic nitrogens is 4. The van der Waals surface area contributed by atoms with E-state index in [9.17, 15) is 9.59 Å². The molecule has 0 saturated heterocycles. The summed E-state index contributed by atoms with van der Waals surface area (Å²) in [7, 11) is 1.63. The van der Waals surface area contributed by atoms with Gasteiger partial charge in [0, 0.05) is 19.3 Å². The molecule has 0 aliphatic heterocycles. The molecule has 7 heteroatoms. The fourth-order valence-corrected chi connectivity index (χ4v) is 2.97. The highest BCUT2D eigenvalue weighted by molar-refractivity contribution is 5.76. The predicted molar refractivity (Wildman–Crippen MR) is 85.7 cm³/mol. The molecule has 0 bridgehead atoms.